The van der Waals surface area contributed by atoms with Gasteiger partial charge in [-0.3, -0.25) is 0 Å². The first kappa shape index (κ1) is 18.0. The number of aryl methyl sites for hydroxylation is 1. The fourth-order valence-corrected chi connectivity index (χ4v) is 3.01. The van der Waals surface area contributed by atoms with Gasteiger partial charge in [0.1, 0.15) is 22.9 Å². The number of hydrogen-bond donors (Lipinski definition) is 0. The van der Waals surface area contributed by atoms with E-state index >= 15 is 0 Å². The second kappa shape index (κ2) is 7.69. The Morgan fingerprint density at radius 1 is 0.929 bits per heavy atom. The summed E-state index contributed by atoms with van der Waals surface area (Å²) in [6.07, 6.45) is 0. The molecule has 0 saturated carbocycles. The molecule has 0 aliphatic heterocycles. The summed E-state index contributed by atoms with van der Waals surface area (Å²) in [5.74, 6) is 1.19. The highest BCUT2D eigenvalue weighted by atomic mass is 19.1. The zero-order valence-corrected chi connectivity index (χ0v) is 15.8. The van der Waals surface area contributed by atoms with Gasteiger partial charge in [-0.1, -0.05) is 29.8 Å². The van der Waals surface area contributed by atoms with Gasteiger partial charge >= 0.3 is 0 Å². The Bertz CT molecular complexity index is 1180. The van der Waals surface area contributed by atoms with Crippen LogP contribution in [-0.4, -0.2) is 6.61 Å². The molecular formula is C24H20FNO2. The zero-order valence-electron chi connectivity index (χ0n) is 15.8. The van der Waals surface area contributed by atoms with Crippen molar-refractivity contribution in [1.82, 2.24) is 0 Å². The molecule has 4 aromatic rings. The lowest BCUT2D eigenvalue weighted by atomic mass is 10.1. The summed E-state index contributed by atoms with van der Waals surface area (Å²) >= 11 is 0. The lowest BCUT2D eigenvalue weighted by molar-refractivity contribution is 0.340. The van der Waals surface area contributed by atoms with E-state index in [2.05, 4.69) is 0 Å². The second-order valence-corrected chi connectivity index (χ2v) is 6.54. The Kier molecular flexibility index (Phi) is 4.94. The number of fused-ring (bicyclic) bond motifs is 1. The van der Waals surface area contributed by atoms with Crippen LogP contribution in [0.15, 0.2) is 82.2 Å². The van der Waals surface area contributed by atoms with Gasteiger partial charge in [0.25, 0.3) is 0 Å². The molecule has 1 aromatic heterocycles. The summed E-state index contributed by atoms with van der Waals surface area (Å²) in [5.41, 5.74) is 3.53. The quantitative estimate of drug-likeness (QED) is 0.428. The number of benzene rings is 3. The molecule has 0 radical (unpaired) electrons. The van der Waals surface area contributed by atoms with Gasteiger partial charge in [0.05, 0.1) is 17.7 Å². The number of ether oxygens (including phenoxy) is 1. The third-order valence-corrected chi connectivity index (χ3v) is 4.44. The molecule has 3 aromatic carbocycles. The SMILES string of the molecule is CCOc1ccc2oc(-c3ccc(C)cc3)cc(=Nc3ccc(F)cc3)c2c1. The van der Waals surface area contributed by atoms with Crippen LogP contribution in [0.25, 0.3) is 22.3 Å². The van der Waals surface area contributed by atoms with Gasteiger partial charge in [0, 0.05) is 17.0 Å². The highest BCUT2D eigenvalue weighted by Crippen LogP contribution is 2.25. The molecule has 0 aliphatic carbocycles. The average molecular weight is 373 g/mol. The van der Waals surface area contributed by atoms with E-state index in [4.69, 9.17) is 14.1 Å². The number of nitrogens with zero attached hydrogens (tertiary/aromatic N) is 1. The van der Waals surface area contributed by atoms with Crippen molar-refractivity contribution >= 4 is 16.7 Å². The summed E-state index contributed by atoms with van der Waals surface area (Å²) in [5, 5.41) is 1.58. The minimum absolute atomic E-state index is 0.286. The summed E-state index contributed by atoms with van der Waals surface area (Å²) < 4.78 is 25.0. The van der Waals surface area contributed by atoms with Crippen molar-refractivity contribution in [3.05, 3.63) is 89.5 Å². The van der Waals surface area contributed by atoms with Crippen molar-refractivity contribution in [3.63, 3.8) is 0 Å². The van der Waals surface area contributed by atoms with Crippen LogP contribution in [0.3, 0.4) is 0 Å². The fraction of sp³-hybridized carbons (Fsp3) is 0.125. The normalized spacial score (nSPS) is 11.8. The maximum absolute atomic E-state index is 13.3. The molecule has 0 aliphatic rings. The van der Waals surface area contributed by atoms with Crippen molar-refractivity contribution in [3.8, 4) is 17.1 Å². The third kappa shape index (κ3) is 3.81. The van der Waals surface area contributed by atoms with E-state index in [0.29, 0.717) is 17.9 Å². The van der Waals surface area contributed by atoms with Crippen LogP contribution in [0, 0.1) is 12.7 Å². The van der Waals surface area contributed by atoms with Crippen LogP contribution < -0.4 is 10.1 Å². The predicted molar refractivity (Wildman–Crippen MR) is 109 cm³/mol. The molecule has 0 bridgehead atoms. The van der Waals surface area contributed by atoms with Crippen molar-refractivity contribution in [2.75, 3.05) is 6.61 Å². The first-order valence-electron chi connectivity index (χ1n) is 9.20. The Labute approximate surface area is 162 Å². The molecule has 28 heavy (non-hydrogen) atoms. The molecule has 0 spiro atoms. The van der Waals surface area contributed by atoms with E-state index in [0.717, 1.165) is 27.8 Å². The maximum atomic E-state index is 13.3. The van der Waals surface area contributed by atoms with Crippen LogP contribution in [0.2, 0.25) is 0 Å². The highest BCUT2D eigenvalue weighted by molar-refractivity contribution is 5.80. The Hall–Kier alpha value is -3.40. The standard InChI is InChI=1S/C24H20FNO2/c1-3-27-20-12-13-23-21(14-20)22(26-19-10-8-18(25)9-11-19)15-24(28-23)17-6-4-16(2)5-7-17/h4-15H,3H2,1-2H3. The molecule has 0 amide bonds. The van der Waals surface area contributed by atoms with Gasteiger partial charge in [-0.15, -0.1) is 0 Å². The molecule has 4 heteroatoms. The van der Waals surface area contributed by atoms with Crippen molar-refractivity contribution < 1.29 is 13.5 Å². The van der Waals surface area contributed by atoms with Crippen molar-refractivity contribution in [2.45, 2.75) is 13.8 Å². The van der Waals surface area contributed by atoms with E-state index in [1.165, 1.54) is 17.7 Å². The van der Waals surface area contributed by atoms with E-state index in [-0.39, 0.29) is 5.82 Å². The van der Waals surface area contributed by atoms with E-state index < -0.39 is 0 Å². The molecule has 0 saturated heterocycles. The summed E-state index contributed by atoms with van der Waals surface area (Å²) in [7, 11) is 0. The predicted octanol–water partition coefficient (Wildman–Crippen LogP) is 6.18. The number of halogens is 1. The van der Waals surface area contributed by atoms with Gasteiger partial charge in [0.15, 0.2) is 0 Å². The smallest absolute Gasteiger partial charge is 0.137 e. The summed E-state index contributed by atoms with van der Waals surface area (Å²) in [4.78, 5) is 4.73. The van der Waals surface area contributed by atoms with Gasteiger partial charge in [0.2, 0.25) is 0 Å². The summed E-state index contributed by atoms with van der Waals surface area (Å²) in [6.45, 7) is 4.57. The maximum Gasteiger partial charge on any atom is 0.137 e. The van der Waals surface area contributed by atoms with E-state index in [9.17, 15) is 4.39 Å². The first-order chi connectivity index (χ1) is 13.6. The van der Waals surface area contributed by atoms with E-state index in [1.807, 2.05) is 62.4 Å². The average Bonchev–Trinajstić information content (AvgIpc) is 2.70. The molecule has 0 unspecified atom stereocenters. The van der Waals surface area contributed by atoms with Crippen LogP contribution in [0.4, 0.5) is 10.1 Å². The molecule has 1 heterocycles. The molecule has 0 N–H and O–H groups in total. The number of rotatable bonds is 4. The topological polar surface area (TPSA) is 34.7 Å². The second-order valence-electron chi connectivity index (χ2n) is 6.54. The van der Waals surface area contributed by atoms with Gasteiger partial charge in [-0.2, -0.15) is 0 Å². The minimum Gasteiger partial charge on any atom is -0.494 e. The highest BCUT2D eigenvalue weighted by Gasteiger charge is 2.08. The van der Waals surface area contributed by atoms with Crippen molar-refractivity contribution in [1.29, 1.82) is 0 Å². The Morgan fingerprint density at radius 3 is 2.39 bits per heavy atom. The first-order valence-corrected chi connectivity index (χ1v) is 9.20. The van der Waals surface area contributed by atoms with Crippen LogP contribution in [-0.2, 0) is 0 Å². The van der Waals surface area contributed by atoms with Gasteiger partial charge in [-0.05, 0) is 56.3 Å². The molecule has 3 nitrogen and oxygen atoms in total. The monoisotopic (exact) mass is 373 g/mol. The lowest BCUT2D eigenvalue weighted by Crippen LogP contribution is -2.04. The van der Waals surface area contributed by atoms with Crippen molar-refractivity contribution in [2.24, 2.45) is 4.99 Å². The number of hydrogen-bond acceptors (Lipinski definition) is 3. The third-order valence-electron chi connectivity index (χ3n) is 4.44. The van der Waals surface area contributed by atoms with Crippen LogP contribution in [0.5, 0.6) is 5.75 Å². The summed E-state index contributed by atoms with van der Waals surface area (Å²) in [6, 6.07) is 21.9. The van der Waals surface area contributed by atoms with Crippen LogP contribution >= 0.6 is 0 Å². The van der Waals surface area contributed by atoms with Crippen LogP contribution in [0.1, 0.15) is 12.5 Å². The fourth-order valence-electron chi connectivity index (χ4n) is 3.01. The molecule has 0 atom stereocenters. The lowest BCUT2D eigenvalue weighted by Gasteiger charge is -2.08. The molecule has 4 rings (SSSR count). The largest absolute Gasteiger partial charge is 0.494 e. The van der Waals surface area contributed by atoms with Gasteiger partial charge in [-0.25, -0.2) is 9.38 Å². The molecular weight excluding hydrogens is 353 g/mol. The van der Waals surface area contributed by atoms with E-state index in [1.54, 1.807) is 12.1 Å². The molecule has 140 valence electrons. The molecule has 0 fully saturated rings. The zero-order chi connectivity index (χ0) is 19.5. The van der Waals surface area contributed by atoms with Gasteiger partial charge < -0.3 is 9.15 Å². The minimum atomic E-state index is -0.286. The Morgan fingerprint density at radius 2 is 1.68 bits per heavy atom. The Balaban J connectivity index is 1.95.